The lowest BCUT2D eigenvalue weighted by molar-refractivity contribution is 0.322. The summed E-state index contributed by atoms with van der Waals surface area (Å²) in [6.45, 7) is 0. The predicted molar refractivity (Wildman–Crippen MR) is 35.8 cm³/mol. The third kappa shape index (κ3) is 1.57. The molecular formula is C7H7NO. The lowest BCUT2D eigenvalue weighted by atomic mass is 10.2. The van der Waals surface area contributed by atoms with Gasteiger partial charge in [-0.3, -0.25) is 0 Å². The van der Waals surface area contributed by atoms with Gasteiger partial charge in [0.15, 0.2) is 0 Å². The van der Waals surface area contributed by atoms with Crippen molar-refractivity contribution in [1.29, 1.82) is 0 Å². The molecule has 1 aromatic carbocycles. The van der Waals surface area contributed by atoms with Crippen LogP contribution in [0, 0.1) is 0 Å². The van der Waals surface area contributed by atoms with Gasteiger partial charge in [-0.15, -0.1) is 0 Å². The van der Waals surface area contributed by atoms with Gasteiger partial charge in [-0.1, -0.05) is 35.5 Å². The molecule has 0 saturated heterocycles. The molecule has 0 radical (unpaired) electrons. The van der Waals surface area contributed by atoms with Crippen molar-refractivity contribution in [2.45, 2.75) is 0 Å². The van der Waals surface area contributed by atoms with Crippen LogP contribution in [0.25, 0.3) is 0 Å². The Morgan fingerprint density at radius 3 is 2.89 bits per heavy atom. The quantitative estimate of drug-likeness (QED) is 0.360. The lowest BCUT2D eigenvalue weighted by Crippen LogP contribution is -1.76. The summed E-state index contributed by atoms with van der Waals surface area (Å²) < 4.78 is 6.25. The van der Waals surface area contributed by atoms with Gasteiger partial charge < -0.3 is 5.21 Å². The highest BCUT2D eigenvalue weighted by atomic mass is 16.4. The first-order valence-electron chi connectivity index (χ1n) is 3.05. The normalized spacial score (nSPS) is 11.3. The highest BCUT2D eigenvalue weighted by molar-refractivity contribution is 5.78. The first-order valence-corrected chi connectivity index (χ1v) is 2.64. The Morgan fingerprint density at radius 1 is 1.44 bits per heavy atom. The molecule has 1 rings (SSSR count). The second-order valence-corrected chi connectivity index (χ2v) is 1.65. The first kappa shape index (κ1) is 4.56. The summed E-state index contributed by atoms with van der Waals surface area (Å²) in [6, 6.07) is 9.46. The highest BCUT2D eigenvalue weighted by Crippen LogP contribution is 1.92. The minimum absolute atomic E-state index is 0.926. The van der Waals surface area contributed by atoms with E-state index in [1.807, 2.05) is 30.3 Å². The molecule has 0 aliphatic heterocycles. The Labute approximate surface area is 54.9 Å². The van der Waals surface area contributed by atoms with E-state index in [1.165, 1.54) is 6.21 Å². The third-order valence-corrected chi connectivity index (χ3v) is 1.00. The second-order valence-electron chi connectivity index (χ2n) is 1.65. The Balaban J connectivity index is 2.67. The van der Waals surface area contributed by atoms with Crippen molar-refractivity contribution < 1.29 is 6.64 Å². The molecule has 0 fully saturated rings. The van der Waals surface area contributed by atoms with Gasteiger partial charge in [-0.25, -0.2) is 0 Å². The minimum Gasteiger partial charge on any atom is -0.411 e. The van der Waals surface area contributed by atoms with Gasteiger partial charge in [0, 0.05) is 0 Å². The number of nitrogens with zero attached hydrogens (tertiary/aromatic N) is 1. The first-order chi connectivity index (χ1) is 4.93. The summed E-state index contributed by atoms with van der Waals surface area (Å²) >= 11 is 0. The molecular weight excluding hydrogens is 114 g/mol. The average Bonchev–Trinajstić information content (AvgIpc) is 2.03. The fraction of sp³-hybridized carbons (Fsp3) is 0. The van der Waals surface area contributed by atoms with Crippen LogP contribution in [-0.2, 0) is 0 Å². The van der Waals surface area contributed by atoms with E-state index in [4.69, 9.17) is 1.43 Å². The summed E-state index contributed by atoms with van der Waals surface area (Å²) in [5.41, 5.74) is 0.926. The molecule has 0 saturated carbocycles. The van der Waals surface area contributed by atoms with Gasteiger partial charge in [-0.05, 0) is 5.56 Å². The van der Waals surface area contributed by atoms with Crippen molar-refractivity contribution in [1.82, 2.24) is 0 Å². The van der Waals surface area contributed by atoms with E-state index in [-0.39, 0.29) is 0 Å². The maximum absolute atomic E-state index is 6.25. The maximum atomic E-state index is 6.25. The van der Waals surface area contributed by atoms with Crippen LogP contribution in [0.3, 0.4) is 0 Å². The Morgan fingerprint density at radius 2 is 2.22 bits per heavy atom. The number of hydrogen-bond donors (Lipinski definition) is 1. The average molecular weight is 122 g/mol. The topological polar surface area (TPSA) is 32.6 Å². The molecule has 46 valence electrons. The predicted octanol–water partition coefficient (Wildman–Crippen LogP) is 1.49. The Hall–Kier alpha value is -1.31. The zero-order valence-electron chi connectivity index (χ0n) is 5.82. The molecule has 0 atom stereocenters. The zero-order chi connectivity index (χ0) is 7.23. The second kappa shape index (κ2) is 2.87. The van der Waals surface area contributed by atoms with E-state index < -0.39 is 0 Å². The van der Waals surface area contributed by atoms with Crippen molar-refractivity contribution in [2.75, 3.05) is 0 Å². The van der Waals surface area contributed by atoms with Gasteiger partial charge in [0.25, 0.3) is 0 Å². The van der Waals surface area contributed by atoms with Crippen molar-refractivity contribution in [3.8, 4) is 0 Å². The van der Waals surface area contributed by atoms with Crippen molar-refractivity contribution in [3.63, 3.8) is 0 Å². The van der Waals surface area contributed by atoms with Crippen LogP contribution >= 0.6 is 0 Å². The number of hydrogen-bond acceptors (Lipinski definition) is 2. The molecule has 2 nitrogen and oxygen atoms in total. The van der Waals surface area contributed by atoms with Crippen LogP contribution in [0.2, 0.25) is 1.43 Å². The van der Waals surface area contributed by atoms with Crippen LogP contribution in [-0.4, -0.2) is 11.4 Å². The maximum Gasteiger partial charge on any atom is 0.330 e. The molecule has 0 aromatic heterocycles. The summed E-state index contributed by atoms with van der Waals surface area (Å²) in [5, 5.41) is 7.05. The fourth-order valence-corrected chi connectivity index (χ4v) is 0.600. The summed E-state index contributed by atoms with van der Waals surface area (Å²) in [7, 11) is 0. The van der Waals surface area contributed by atoms with Gasteiger partial charge >= 0.3 is 1.43 Å². The Bertz CT molecular complexity index is 210. The molecule has 9 heavy (non-hydrogen) atoms. The van der Waals surface area contributed by atoms with Crippen LogP contribution < -0.4 is 0 Å². The van der Waals surface area contributed by atoms with Crippen LogP contribution in [0.4, 0.5) is 0 Å². The summed E-state index contributed by atoms with van der Waals surface area (Å²) in [6.07, 6.45) is 1.48. The zero-order valence-corrected chi connectivity index (χ0v) is 4.82. The van der Waals surface area contributed by atoms with Gasteiger partial charge in [-0.2, -0.15) is 0 Å². The molecule has 0 unspecified atom stereocenters. The molecule has 0 aliphatic rings. The van der Waals surface area contributed by atoms with Crippen LogP contribution in [0.15, 0.2) is 35.5 Å². The Kier molecular flexibility index (Phi) is 1.45. The van der Waals surface area contributed by atoms with Crippen LogP contribution in [0.5, 0.6) is 0 Å². The van der Waals surface area contributed by atoms with Crippen LogP contribution in [0.1, 0.15) is 5.56 Å². The van der Waals surface area contributed by atoms with E-state index in [1.54, 1.807) is 0 Å². The molecule has 0 amide bonds. The van der Waals surface area contributed by atoms with Crippen molar-refractivity contribution >= 4 is 6.21 Å². The van der Waals surface area contributed by atoms with E-state index in [9.17, 15) is 0 Å². The highest BCUT2D eigenvalue weighted by Gasteiger charge is 1.79. The summed E-state index contributed by atoms with van der Waals surface area (Å²) in [5.74, 6) is 0. The van der Waals surface area contributed by atoms with Gasteiger partial charge in [0.1, 0.15) is 0 Å². The van der Waals surface area contributed by atoms with E-state index >= 15 is 0 Å². The number of benzene rings is 1. The molecule has 0 aliphatic carbocycles. The fourth-order valence-electron chi connectivity index (χ4n) is 0.600. The monoisotopic (exact) mass is 122 g/mol. The van der Waals surface area contributed by atoms with E-state index in [2.05, 4.69) is 10.4 Å². The number of rotatable bonds is 2. The molecule has 2 heteroatoms. The third-order valence-electron chi connectivity index (χ3n) is 1.00. The molecule has 0 spiro atoms. The molecule has 1 N–H and O–H groups in total. The standard InChI is InChI=1S/C7H7NO/c9-8-6-7-4-2-1-3-5-7/h1-6,9H/b8-6-/i/hD. The molecule has 0 bridgehead atoms. The number of oxime groups is 1. The lowest BCUT2D eigenvalue weighted by Gasteiger charge is -1.85. The van der Waals surface area contributed by atoms with Gasteiger partial charge in [0.2, 0.25) is 0 Å². The van der Waals surface area contributed by atoms with E-state index in [0.717, 1.165) is 5.56 Å². The molecule has 0 heterocycles. The minimum atomic E-state index is 0.926. The smallest absolute Gasteiger partial charge is 0.330 e. The molecule has 1 aromatic rings. The van der Waals surface area contributed by atoms with Crippen molar-refractivity contribution in [2.24, 2.45) is 5.16 Å². The van der Waals surface area contributed by atoms with E-state index in [0.29, 0.717) is 0 Å². The van der Waals surface area contributed by atoms with Crippen molar-refractivity contribution in [3.05, 3.63) is 35.9 Å². The SMILES string of the molecule is [2H]O/N=C\c1ccccc1. The van der Waals surface area contributed by atoms with Gasteiger partial charge in [0.05, 0.1) is 6.21 Å². The summed E-state index contributed by atoms with van der Waals surface area (Å²) in [4.78, 5) is 0. The largest absolute Gasteiger partial charge is 0.411 e.